The molecule has 1 heterocycles. The first-order chi connectivity index (χ1) is 6.12. The Hall–Kier alpha value is -0.660. The second kappa shape index (κ2) is 4.03. The van der Waals surface area contributed by atoms with Crippen LogP contribution >= 0.6 is 0 Å². The topological polar surface area (TPSA) is 80.5 Å². The van der Waals surface area contributed by atoms with E-state index in [-0.39, 0.29) is 0 Å². The maximum Gasteiger partial charge on any atom is 0.341 e. The molecule has 0 aliphatic carbocycles. The monoisotopic (exact) mass is 204 g/mol. The lowest BCUT2D eigenvalue weighted by Crippen LogP contribution is -2.42. The summed E-state index contributed by atoms with van der Waals surface area (Å²) in [6, 6.07) is 0. The van der Waals surface area contributed by atoms with Crippen molar-refractivity contribution in [2.45, 2.75) is 19.3 Å². The highest BCUT2D eigenvalue weighted by Gasteiger charge is 2.36. The van der Waals surface area contributed by atoms with E-state index >= 15 is 0 Å². The normalized spacial score (nSPS) is 25.4. The second-order valence-electron chi connectivity index (χ2n) is 2.45. The number of azo groups is 1. The van der Waals surface area contributed by atoms with Gasteiger partial charge in [0.05, 0.1) is 0 Å². The molecule has 1 aliphatic rings. The SMILES string of the molecule is CCN(CC)[S+](=O)([O-])C1N=CN=N1. The Morgan fingerprint density at radius 2 is 2.15 bits per heavy atom. The molecule has 0 bridgehead atoms. The molecule has 0 radical (unpaired) electrons. The van der Waals surface area contributed by atoms with Crippen molar-refractivity contribution in [2.24, 2.45) is 15.2 Å². The Morgan fingerprint density at radius 3 is 2.54 bits per heavy atom. The second-order valence-corrected chi connectivity index (χ2v) is 4.42. The van der Waals surface area contributed by atoms with Crippen LogP contribution in [0.3, 0.4) is 0 Å². The highest BCUT2D eigenvalue weighted by atomic mass is 32.3. The number of aliphatic imine (C=N–C) groups is 1. The Kier molecular flexibility index (Phi) is 3.23. The van der Waals surface area contributed by atoms with E-state index in [0.717, 1.165) is 6.34 Å². The molecule has 0 fully saturated rings. The molecule has 0 aromatic heterocycles. The predicted molar refractivity (Wildman–Crippen MR) is 48.9 cm³/mol. The van der Waals surface area contributed by atoms with Gasteiger partial charge in [-0.2, -0.15) is 4.99 Å². The zero-order valence-corrected chi connectivity index (χ0v) is 8.40. The Balaban J connectivity index is 2.79. The molecule has 0 saturated carbocycles. The zero-order chi connectivity index (χ0) is 9.90. The number of hydrogen-bond acceptors (Lipinski definition) is 5. The van der Waals surface area contributed by atoms with Crippen LogP contribution in [0.15, 0.2) is 15.2 Å². The first-order valence-corrected chi connectivity index (χ1v) is 5.53. The number of sulfonamides is 1. The van der Waals surface area contributed by atoms with Crippen LogP contribution in [0.4, 0.5) is 0 Å². The Labute approximate surface area is 78.1 Å². The van der Waals surface area contributed by atoms with Crippen LogP contribution in [0.25, 0.3) is 0 Å². The summed E-state index contributed by atoms with van der Waals surface area (Å²) in [6.45, 7) is 4.41. The van der Waals surface area contributed by atoms with Gasteiger partial charge in [-0.3, -0.25) is 0 Å². The highest BCUT2D eigenvalue weighted by molar-refractivity contribution is 7.96. The third-order valence-electron chi connectivity index (χ3n) is 1.74. The first kappa shape index (κ1) is 10.4. The van der Waals surface area contributed by atoms with Gasteiger partial charge < -0.3 is 4.55 Å². The molecule has 2 atom stereocenters. The van der Waals surface area contributed by atoms with Gasteiger partial charge in [-0.1, -0.05) is 4.21 Å². The summed E-state index contributed by atoms with van der Waals surface area (Å²) in [5, 5.41) is 6.91. The van der Waals surface area contributed by atoms with Crippen molar-refractivity contribution in [3.8, 4) is 0 Å². The van der Waals surface area contributed by atoms with Crippen molar-refractivity contribution < 1.29 is 8.76 Å². The molecule has 0 N–H and O–H groups in total. The van der Waals surface area contributed by atoms with Crippen molar-refractivity contribution in [1.29, 1.82) is 0 Å². The average molecular weight is 204 g/mol. The molecule has 1 rings (SSSR count). The van der Waals surface area contributed by atoms with E-state index in [2.05, 4.69) is 15.2 Å². The fourth-order valence-corrected chi connectivity index (χ4v) is 2.43. The smallest absolute Gasteiger partial charge is 0.341 e. The Bertz CT molecular complexity index is 262. The van der Waals surface area contributed by atoms with Gasteiger partial charge in [0.1, 0.15) is 6.34 Å². The molecule has 7 heteroatoms. The lowest BCUT2D eigenvalue weighted by molar-refractivity contribution is 0.364. The minimum absolute atomic E-state index is 0.431. The average Bonchev–Trinajstić information content (AvgIpc) is 2.58. The third-order valence-corrected chi connectivity index (χ3v) is 3.73. The van der Waals surface area contributed by atoms with Gasteiger partial charge in [-0.15, -0.1) is 14.5 Å². The molecule has 2 unspecified atom stereocenters. The van der Waals surface area contributed by atoms with Gasteiger partial charge in [-0.25, -0.2) is 0 Å². The number of nitrogens with zero attached hydrogens (tertiary/aromatic N) is 4. The van der Waals surface area contributed by atoms with Gasteiger partial charge in [0.2, 0.25) is 0 Å². The summed E-state index contributed by atoms with van der Waals surface area (Å²) < 4.78 is 24.6. The largest absolute Gasteiger partial charge is 0.594 e. The molecule has 74 valence electrons. The van der Waals surface area contributed by atoms with E-state index in [1.165, 1.54) is 4.31 Å². The lowest BCUT2D eigenvalue weighted by Gasteiger charge is -2.25. The predicted octanol–water partition coefficient (Wildman–Crippen LogP) is 0.651. The molecule has 0 spiro atoms. The summed E-state index contributed by atoms with van der Waals surface area (Å²) in [7, 11) is -3.43. The summed E-state index contributed by atoms with van der Waals surface area (Å²) in [4.78, 5) is 3.64. The van der Waals surface area contributed by atoms with Gasteiger partial charge in [0.25, 0.3) is 0 Å². The lowest BCUT2D eigenvalue weighted by atomic mass is 10.7. The van der Waals surface area contributed by atoms with Crippen molar-refractivity contribution >= 4 is 16.7 Å². The van der Waals surface area contributed by atoms with Gasteiger partial charge in [0.15, 0.2) is 10.4 Å². The first-order valence-electron chi connectivity index (χ1n) is 4.03. The molecule has 0 aromatic carbocycles. The van der Waals surface area contributed by atoms with Crippen LogP contribution in [-0.4, -0.2) is 33.8 Å². The molecular formula is C6H12N4O2S. The molecule has 13 heavy (non-hydrogen) atoms. The Morgan fingerprint density at radius 1 is 1.54 bits per heavy atom. The van der Waals surface area contributed by atoms with Crippen LogP contribution in [0.5, 0.6) is 0 Å². The summed E-state index contributed by atoms with van der Waals surface area (Å²) in [5.74, 6) is 0. The van der Waals surface area contributed by atoms with Crippen LogP contribution in [0.1, 0.15) is 13.8 Å². The summed E-state index contributed by atoms with van der Waals surface area (Å²) in [6.07, 6.45) is 1.16. The molecule has 0 saturated heterocycles. The van der Waals surface area contributed by atoms with Crippen molar-refractivity contribution in [3.63, 3.8) is 0 Å². The van der Waals surface area contributed by atoms with Gasteiger partial charge >= 0.3 is 5.50 Å². The molecule has 0 aromatic rings. The van der Waals surface area contributed by atoms with Crippen LogP contribution in [-0.2, 0) is 14.6 Å². The van der Waals surface area contributed by atoms with Gasteiger partial charge in [-0.05, 0) is 13.8 Å². The molecule has 1 aliphatic heterocycles. The van der Waals surface area contributed by atoms with Crippen LogP contribution < -0.4 is 0 Å². The van der Waals surface area contributed by atoms with E-state index < -0.39 is 15.9 Å². The number of hydrogen-bond donors (Lipinski definition) is 0. The highest BCUT2D eigenvalue weighted by Crippen LogP contribution is 2.19. The third kappa shape index (κ3) is 1.98. The molecule has 6 nitrogen and oxygen atoms in total. The van der Waals surface area contributed by atoms with Crippen molar-refractivity contribution in [3.05, 3.63) is 0 Å². The number of rotatable bonds is 4. The van der Waals surface area contributed by atoms with E-state index in [0.29, 0.717) is 13.1 Å². The minimum Gasteiger partial charge on any atom is -0.594 e. The van der Waals surface area contributed by atoms with Crippen LogP contribution in [0, 0.1) is 0 Å². The summed E-state index contributed by atoms with van der Waals surface area (Å²) in [5.41, 5.74) is -1.06. The van der Waals surface area contributed by atoms with Crippen LogP contribution in [0.2, 0.25) is 0 Å². The van der Waals surface area contributed by atoms with E-state index in [4.69, 9.17) is 0 Å². The molecule has 0 amide bonds. The molecular weight excluding hydrogens is 192 g/mol. The van der Waals surface area contributed by atoms with Crippen molar-refractivity contribution in [1.82, 2.24) is 4.31 Å². The van der Waals surface area contributed by atoms with E-state index in [1.807, 2.05) is 0 Å². The maximum absolute atomic E-state index is 11.7. The zero-order valence-electron chi connectivity index (χ0n) is 7.58. The fraction of sp³-hybridized carbons (Fsp3) is 0.833. The fourth-order valence-electron chi connectivity index (χ4n) is 1.06. The quantitative estimate of drug-likeness (QED) is 0.630. The van der Waals surface area contributed by atoms with E-state index in [9.17, 15) is 8.76 Å². The van der Waals surface area contributed by atoms with Crippen molar-refractivity contribution in [2.75, 3.05) is 13.1 Å². The van der Waals surface area contributed by atoms with E-state index in [1.54, 1.807) is 13.8 Å². The minimum atomic E-state index is -3.43. The summed E-state index contributed by atoms with van der Waals surface area (Å²) >= 11 is 0. The van der Waals surface area contributed by atoms with Gasteiger partial charge in [0, 0.05) is 13.1 Å². The standard InChI is InChI=1S/C6H12N4O2S/c1-3-10(4-2)13(11,12)6-7-5-8-9-6/h5-6H,3-4H2,1-2H3. The maximum atomic E-state index is 11.7.